The lowest BCUT2D eigenvalue weighted by Crippen LogP contribution is -2.44. The zero-order valence-electron chi connectivity index (χ0n) is 27.2. The summed E-state index contributed by atoms with van der Waals surface area (Å²) in [5.74, 6) is -1.21. The van der Waals surface area contributed by atoms with Crippen molar-refractivity contribution in [2.24, 2.45) is 11.1 Å². The predicted molar refractivity (Wildman–Crippen MR) is 167 cm³/mol. The molecular formula is C33H48N5O6+. The average Bonchev–Trinajstić information content (AvgIpc) is 3.26. The van der Waals surface area contributed by atoms with Crippen LogP contribution in [0.3, 0.4) is 0 Å². The summed E-state index contributed by atoms with van der Waals surface area (Å²) in [6.07, 6.45) is 3.89. The molecule has 2 aliphatic rings. The Hall–Kier alpha value is -3.73. The maximum Gasteiger partial charge on any atom is 0.310 e. The van der Waals surface area contributed by atoms with Crippen LogP contribution in [0.25, 0.3) is 5.69 Å². The second-order valence-corrected chi connectivity index (χ2v) is 14.1. The van der Waals surface area contributed by atoms with Gasteiger partial charge in [0, 0.05) is 25.1 Å². The number of aromatic nitrogens is 2. The van der Waals surface area contributed by atoms with Crippen molar-refractivity contribution in [1.29, 1.82) is 0 Å². The minimum Gasteiger partial charge on any atom is -0.462 e. The number of hydrogen-bond acceptors (Lipinski definition) is 8. The molecule has 1 unspecified atom stereocenters. The molecule has 1 atom stereocenters. The van der Waals surface area contributed by atoms with E-state index in [-0.39, 0.29) is 35.7 Å². The number of amides is 1. The topological polar surface area (TPSA) is 143 Å². The molecule has 1 aromatic heterocycles. The van der Waals surface area contributed by atoms with E-state index in [4.69, 9.17) is 20.3 Å². The Morgan fingerprint density at radius 1 is 1.14 bits per heavy atom. The molecule has 1 saturated carbocycles. The SMILES string of the molecule is CCc1nn(-c2ccc(C(N)=O)c(NC3CCC(OC(=O)CC(C[N+](C)(C)C)OC(C)=O)CC3)c2)c2c1C(=O)CC(C)(C)C2. The Morgan fingerprint density at radius 3 is 2.41 bits per heavy atom. The number of ketones is 1. The van der Waals surface area contributed by atoms with E-state index >= 15 is 0 Å². The molecule has 44 heavy (non-hydrogen) atoms. The molecule has 0 bridgehead atoms. The lowest BCUT2D eigenvalue weighted by molar-refractivity contribution is -0.873. The Kier molecular flexibility index (Phi) is 9.87. The standard InChI is InChI=1S/C33H47N5O6/c1-8-26-31-28(17-33(3,4)18-29(31)40)37(36-26)22-11-14-25(32(34)42)27(15-22)35-21-9-12-23(13-10-21)44-30(41)16-24(43-20(2)39)19-38(5,6)7/h11,14-15,21,23-24H,8-10,12-13,16-19H2,1-7H3,(H2-,34,35,42)/p+1. The van der Waals surface area contributed by atoms with E-state index in [1.807, 2.05) is 44.9 Å². The fourth-order valence-corrected chi connectivity index (χ4v) is 6.44. The molecule has 2 aliphatic carbocycles. The molecule has 11 nitrogen and oxygen atoms in total. The van der Waals surface area contributed by atoms with Gasteiger partial charge in [0.1, 0.15) is 12.6 Å². The normalized spacial score (nSPS) is 20.4. The highest BCUT2D eigenvalue weighted by Crippen LogP contribution is 2.38. The maximum atomic E-state index is 13.1. The van der Waals surface area contributed by atoms with Gasteiger partial charge in [-0.15, -0.1) is 0 Å². The third-order valence-corrected chi connectivity index (χ3v) is 8.28. The lowest BCUT2D eigenvalue weighted by atomic mass is 9.75. The smallest absolute Gasteiger partial charge is 0.310 e. The van der Waals surface area contributed by atoms with Gasteiger partial charge in [-0.1, -0.05) is 20.8 Å². The van der Waals surface area contributed by atoms with Crippen LogP contribution in [0.5, 0.6) is 0 Å². The molecular weight excluding hydrogens is 562 g/mol. The van der Waals surface area contributed by atoms with Crippen molar-refractivity contribution in [3.8, 4) is 5.69 Å². The van der Waals surface area contributed by atoms with Gasteiger partial charge in [0.25, 0.3) is 5.91 Å². The summed E-state index contributed by atoms with van der Waals surface area (Å²) in [4.78, 5) is 49.7. The number of nitrogens with two attached hydrogens (primary N) is 1. The van der Waals surface area contributed by atoms with E-state index in [2.05, 4.69) is 19.2 Å². The maximum absolute atomic E-state index is 13.1. The summed E-state index contributed by atoms with van der Waals surface area (Å²) in [6.45, 7) is 8.03. The molecule has 3 N–H and O–H groups in total. The lowest BCUT2D eigenvalue weighted by Gasteiger charge is -2.31. The summed E-state index contributed by atoms with van der Waals surface area (Å²) in [6, 6.07) is 5.46. The van der Waals surface area contributed by atoms with Crippen LogP contribution in [0.4, 0.5) is 5.69 Å². The zero-order chi connectivity index (χ0) is 32.4. The number of carbonyl (C=O) groups is 4. The predicted octanol–water partition coefficient (Wildman–Crippen LogP) is 3.98. The molecule has 11 heteroatoms. The van der Waals surface area contributed by atoms with Gasteiger partial charge in [0.2, 0.25) is 0 Å². The highest BCUT2D eigenvalue weighted by Gasteiger charge is 2.36. The molecule has 1 fully saturated rings. The Labute approximate surface area is 260 Å². The number of benzene rings is 1. The number of primary amides is 1. The summed E-state index contributed by atoms with van der Waals surface area (Å²) in [5, 5.41) is 8.34. The average molecular weight is 611 g/mol. The van der Waals surface area contributed by atoms with Crippen molar-refractivity contribution in [2.75, 3.05) is 33.0 Å². The minimum atomic E-state index is -0.546. The number of anilines is 1. The number of aryl methyl sites for hydroxylation is 1. The second kappa shape index (κ2) is 13.1. The summed E-state index contributed by atoms with van der Waals surface area (Å²) >= 11 is 0. The van der Waals surface area contributed by atoms with Crippen molar-refractivity contribution in [1.82, 2.24) is 9.78 Å². The number of quaternary nitrogens is 1. The van der Waals surface area contributed by atoms with Crippen molar-refractivity contribution < 1.29 is 33.1 Å². The quantitative estimate of drug-likeness (QED) is 0.287. The first-order valence-corrected chi connectivity index (χ1v) is 15.6. The second-order valence-electron chi connectivity index (χ2n) is 14.1. The zero-order valence-corrected chi connectivity index (χ0v) is 27.2. The van der Waals surface area contributed by atoms with Crippen LogP contribution in [-0.2, 0) is 31.9 Å². The van der Waals surface area contributed by atoms with Crippen LogP contribution >= 0.6 is 0 Å². The van der Waals surface area contributed by atoms with Crippen molar-refractivity contribution in [3.63, 3.8) is 0 Å². The molecule has 1 amide bonds. The molecule has 0 radical (unpaired) electrons. The first kappa shape index (κ1) is 33.2. The molecule has 0 saturated heterocycles. The summed E-state index contributed by atoms with van der Waals surface area (Å²) in [5.41, 5.74) is 9.75. The molecule has 0 aliphatic heterocycles. The summed E-state index contributed by atoms with van der Waals surface area (Å²) < 4.78 is 13.5. The molecule has 0 spiro atoms. The Bertz CT molecular complexity index is 1410. The number of nitrogens with one attached hydrogen (secondary N) is 1. The van der Waals surface area contributed by atoms with Crippen molar-refractivity contribution in [3.05, 3.63) is 40.7 Å². The number of likely N-dealkylation sites (N-methyl/N-ethyl adjacent to an activating group) is 1. The van der Waals surface area contributed by atoms with Gasteiger partial charge >= 0.3 is 11.9 Å². The van der Waals surface area contributed by atoms with Crippen LogP contribution in [0.1, 0.15) is 98.3 Å². The fourth-order valence-electron chi connectivity index (χ4n) is 6.44. The number of fused-ring (bicyclic) bond motifs is 1. The monoisotopic (exact) mass is 610 g/mol. The Balaban J connectivity index is 1.45. The molecule has 4 rings (SSSR count). The number of ether oxygens (including phenoxy) is 2. The van der Waals surface area contributed by atoms with Crippen LogP contribution in [-0.4, -0.2) is 83.8 Å². The Morgan fingerprint density at radius 2 is 1.82 bits per heavy atom. The van der Waals surface area contributed by atoms with Crippen molar-refractivity contribution in [2.45, 2.75) is 97.3 Å². The summed E-state index contributed by atoms with van der Waals surface area (Å²) in [7, 11) is 5.92. The molecule has 240 valence electrons. The van der Waals surface area contributed by atoms with Gasteiger partial charge < -0.3 is 25.0 Å². The van der Waals surface area contributed by atoms with Gasteiger partial charge in [-0.3, -0.25) is 19.2 Å². The highest BCUT2D eigenvalue weighted by atomic mass is 16.6. The van der Waals surface area contributed by atoms with Crippen LogP contribution in [0.15, 0.2) is 18.2 Å². The highest BCUT2D eigenvalue weighted by molar-refractivity contribution is 6.00. The number of Topliss-reactive ketones (excluding diaryl/α,β-unsaturated/α-hetero) is 1. The van der Waals surface area contributed by atoms with Crippen LogP contribution < -0.4 is 11.1 Å². The number of carbonyl (C=O) groups excluding carboxylic acids is 4. The number of nitrogens with zero attached hydrogens (tertiary/aromatic N) is 3. The van der Waals surface area contributed by atoms with Gasteiger partial charge in [-0.05, 0) is 62.1 Å². The van der Waals surface area contributed by atoms with E-state index in [1.165, 1.54) is 6.92 Å². The van der Waals surface area contributed by atoms with Crippen molar-refractivity contribution >= 4 is 29.3 Å². The van der Waals surface area contributed by atoms with E-state index in [1.54, 1.807) is 6.07 Å². The number of esters is 2. The first-order chi connectivity index (χ1) is 20.5. The molecule has 1 heterocycles. The van der Waals surface area contributed by atoms with Crippen LogP contribution in [0.2, 0.25) is 0 Å². The van der Waals surface area contributed by atoms with Gasteiger partial charge in [0.05, 0.1) is 55.8 Å². The fraction of sp³-hybridized carbons (Fsp3) is 0.606. The van der Waals surface area contributed by atoms with E-state index < -0.39 is 18.0 Å². The third kappa shape index (κ3) is 8.25. The van der Waals surface area contributed by atoms with E-state index in [0.29, 0.717) is 48.0 Å². The first-order valence-electron chi connectivity index (χ1n) is 15.6. The van der Waals surface area contributed by atoms with E-state index in [9.17, 15) is 19.2 Å². The molecule has 2 aromatic rings. The van der Waals surface area contributed by atoms with Crippen LogP contribution in [0, 0.1) is 5.41 Å². The third-order valence-electron chi connectivity index (χ3n) is 8.28. The van der Waals surface area contributed by atoms with Gasteiger partial charge in [-0.25, -0.2) is 4.68 Å². The van der Waals surface area contributed by atoms with E-state index in [0.717, 1.165) is 41.9 Å². The van der Waals surface area contributed by atoms with Gasteiger partial charge in [-0.2, -0.15) is 5.10 Å². The number of hydrogen-bond donors (Lipinski definition) is 2. The molecule has 1 aromatic carbocycles. The largest absolute Gasteiger partial charge is 0.462 e. The van der Waals surface area contributed by atoms with Gasteiger partial charge in [0.15, 0.2) is 11.9 Å². The minimum absolute atomic E-state index is 0.0156. The number of rotatable bonds is 11.